The van der Waals surface area contributed by atoms with Crippen LogP contribution in [0.1, 0.15) is 23.6 Å². The summed E-state index contributed by atoms with van der Waals surface area (Å²) in [6, 6.07) is 19.0. The molecule has 3 aromatic rings. The van der Waals surface area contributed by atoms with E-state index in [0.717, 1.165) is 32.0 Å². The maximum atomic E-state index is 4.80. The maximum absolute atomic E-state index is 4.80. The Bertz CT molecular complexity index is 920. The molecule has 0 amide bonds. The first-order chi connectivity index (χ1) is 14.7. The number of guanidine groups is 1. The zero-order chi connectivity index (χ0) is 21.2. The first-order valence-electron chi connectivity index (χ1n) is 10.5. The number of rotatable bonds is 9. The minimum absolute atomic E-state index is 0. The molecule has 6 nitrogen and oxygen atoms in total. The van der Waals surface area contributed by atoms with Crippen molar-refractivity contribution in [1.82, 2.24) is 20.4 Å². The molecule has 2 N–H and O–H groups in total. The summed E-state index contributed by atoms with van der Waals surface area (Å²) in [7, 11) is 4.12. The molecule has 1 aromatic heterocycles. The van der Waals surface area contributed by atoms with Gasteiger partial charge in [0.1, 0.15) is 0 Å². The third kappa shape index (κ3) is 7.90. The summed E-state index contributed by atoms with van der Waals surface area (Å²) in [5.74, 6) is 0.844. The van der Waals surface area contributed by atoms with Crippen LogP contribution in [-0.4, -0.2) is 42.9 Å². The summed E-state index contributed by atoms with van der Waals surface area (Å²) >= 11 is 0. The van der Waals surface area contributed by atoms with Crippen LogP contribution >= 0.6 is 24.0 Å². The molecule has 7 heteroatoms. The fraction of sp³-hybridized carbons (Fsp3) is 0.333. The van der Waals surface area contributed by atoms with Crippen LogP contribution in [-0.2, 0) is 19.5 Å². The van der Waals surface area contributed by atoms with Crippen LogP contribution in [0.4, 0.5) is 5.69 Å². The van der Waals surface area contributed by atoms with E-state index in [1.807, 2.05) is 23.1 Å². The van der Waals surface area contributed by atoms with Crippen molar-refractivity contribution in [3.05, 3.63) is 83.7 Å². The van der Waals surface area contributed by atoms with Crippen LogP contribution in [0, 0.1) is 0 Å². The molecule has 0 aliphatic heterocycles. The molecular weight excluding hydrogens is 499 g/mol. The van der Waals surface area contributed by atoms with Gasteiger partial charge in [-0.25, -0.2) is 4.99 Å². The number of anilines is 1. The number of aromatic nitrogens is 2. The van der Waals surface area contributed by atoms with Gasteiger partial charge in [-0.1, -0.05) is 36.4 Å². The predicted octanol–water partition coefficient (Wildman–Crippen LogP) is 3.91. The molecule has 0 saturated carbocycles. The molecule has 1 heterocycles. The van der Waals surface area contributed by atoms with Crippen LogP contribution in [0.25, 0.3) is 0 Å². The number of hydrogen-bond donors (Lipinski definition) is 2. The largest absolute Gasteiger partial charge is 0.378 e. The SMILES string of the molecule is CCNC(=NCc1ccccc1Cn1cccn1)NCCc1ccc(N(C)C)cc1.I. The molecule has 0 aliphatic rings. The van der Waals surface area contributed by atoms with E-state index >= 15 is 0 Å². The van der Waals surface area contributed by atoms with Crippen molar-refractivity contribution >= 4 is 35.6 Å². The van der Waals surface area contributed by atoms with Crippen molar-refractivity contribution in [2.75, 3.05) is 32.1 Å². The van der Waals surface area contributed by atoms with Crippen molar-refractivity contribution in [3.8, 4) is 0 Å². The van der Waals surface area contributed by atoms with E-state index in [-0.39, 0.29) is 24.0 Å². The minimum atomic E-state index is 0. The Balaban J connectivity index is 0.00000341. The molecule has 0 saturated heterocycles. The number of benzene rings is 2. The van der Waals surface area contributed by atoms with Crippen LogP contribution in [0.3, 0.4) is 0 Å². The molecule has 0 aliphatic carbocycles. The molecule has 3 rings (SSSR count). The highest BCUT2D eigenvalue weighted by Gasteiger charge is 2.04. The molecule has 31 heavy (non-hydrogen) atoms. The summed E-state index contributed by atoms with van der Waals surface area (Å²) in [5.41, 5.74) is 4.98. The molecule has 0 radical (unpaired) electrons. The lowest BCUT2D eigenvalue weighted by Gasteiger charge is -2.14. The third-order valence-corrected chi connectivity index (χ3v) is 4.92. The normalized spacial score (nSPS) is 11.0. The van der Waals surface area contributed by atoms with Crippen molar-refractivity contribution in [2.45, 2.75) is 26.4 Å². The van der Waals surface area contributed by atoms with Gasteiger partial charge in [-0.05, 0) is 48.2 Å². The first-order valence-corrected chi connectivity index (χ1v) is 10.5. The quantitative estimate of drug-likeness (QED) is 0.249. The van der Waals surface area contributed by atoms with Crippen LogP contribution < -0.4 is 15.5 Å². The second-order valence-corrected chi connectivity index (χ2v) is 7.41. The zero-order valence-corrected chi connectivity index (χ0v) is 20.9. The highest BCUT2D eigenvalue weighted by molar-refractivity contribution is 14.0. The lowest BCUT2D eigenvalue weighted by atomic mass is 10.1. The van der Waals surface area contributed by atoms with Crippen LogP contribution in [0.2, 0.25) is 0 Å². The van der Waals surface area contributed by atoms with E-state index in [1.54, 1.807) is 0 Å². The van der Waals surface area contributed by atoms with Crippen LogP contribution in [0.5, 0.6) is 0 Å². The van der Waals surface area contributed by atoms with E-state index in [4.69, 9.17) is 4.99 Å². The molecule has 0 fully saturated rings. The second-order valence-electron chi connectivity index (χ2n) is 7.41. The number of hydrogen-bond acceptors (Lipinski definition) is 3. The number of nitrogens with one attached hydrogen (secondary N) is 2. The van der Waals surface area contributed by atoms with Gasteiger partial charge in [0.05, 0.1) is 13.1 Å². The van der Waals surface area contributed by atoms with Crippen molar-refractivity contribution < 1.29 is 0 Å². The highest BCUT2D eigenvalue weighted by atomic mass is 127. The van der Waals surface area contributed by atoms with Crippen molar-refractivity contribution in [2.24, 2.45) is 4.99 Å². The topological polar surface area (TPSA) is 57.5 Å². The monoisotopic (exact) mass is 532 g/mol. The Morgan fingerprint density at radius 2 is 1.74 bits per heavy atom. The summed E-state index contributed by atoms with van der Waals surface area (Å²) in [4.78, 5) is 6.91. The first kappa shape index (κ1) is 24.7. The lowest BCUT2D eigenvalue weighted by Crippen LogP contribution is -2.38. The van der Waals surface area contributed by atoms with Crippen molar-refractivity contribution in [3.63, 3.8) is 0 Å². The summed E-state index contributed by atoms with van der Waals surface area (Å²) in [6.45, 7) is 5.14. The average molecular weight is 532 g/mol. The fourth-order valence-corrected chi connectivity index (χ4v) is 3.23. The van der Waals surface area contributed by atoms with Gasteiger partial charge in [-0.2, -0.15) is 5.10 Å². The van der Waals surface area contributed by atoms with E-state index in [2.05, 4.69) is 90.2 Å². The molecule has 166 valence electrons. The van der Waals surface area contributed by atoms with E-state index in [9.17, 15) is 0 Å². The number of nitrogens with zero attached hydrogens (tertiary/aromatic N) is 4. The number of halogens is 1. The van der Waals surface area contributed by atoms with Gasteiger partial charge in [0, 0.05) is 45.3 Å². The van der Waals surface area contributed by atoms with Gasteiger partial charge in [0.25, 0.3) is 0 Å². The summed E-state index contributed by atoms with van der Waals surface area (Å²) in [6.07, 6.45) is 4.74. The minimum Gasteiger partial charge on any atom is -0.378 e. The predicted molar refractivity (Wildman–Crippen MR) is 140 cm³/mol. The molecule has 0 unspecified atom stereocenters. The van der Waals surface area contributed by atoms with Crippen molar-refractivity contribution in [1.29, 1.82) is 0 Å². The summed E-state index contributed by atoms with van der Waals surface area (Å²) < 4.78 is 1.94. The highest BCUT2D eigenvalue weighted by Crippen LogP contribution is 2.13. The second kappa shape index (κ2) is 13.0. The average Bonchev–Trinajstić information content (AvgIpc) is 3.26. The fourth-order valence-electron chi connectivity index (χ4n) is 3.23. The zero-order valence-electron chi connectivity index (χ0n) is 18.6. The van der Waals surface area contributed by atoms with Gasteiger partial charge in [0.2, 0.25) is 0 Å². The van der Waals surface area contributed by atoms with Gasteiger partial charge in [-0.15, -0.1) is 24.0 Å². The van der Waals surface area contributed by atoms with Gasteiger partial charge in [0.15, 0.2) is 5.96 Å². The molecule has 0 bridgehead atoms. The van der Waals surface area contributed by atoms with E-state index in [0.29, 0.717) is 6.54 Å². The molecule has 0 spiro atoms. The molecule has 2 aromatic carbocycles. The Morgan fingerprint density at radius 1 is 1.00 bits per heavy atom. The standard InChI is InChI=1S/C24H32N6.HI/c1-4-25-24(26-16-14-20-10-12-23(13-11-20)29(2)3)27-18-21-8-5-6-9-22(21)19-30-17-7-15-28-30;/h5-13,15,17H,4,14,16,18-19H2,1-3H3,(H2,25,26,27);1H. The Labute approximate surface area is 202 Å². The van der Waals surface area contributed by atoms with Gasteiger partial charge >= 0.3 is 0 Å². The van der Waals surface area contributed by atoms with Crippen LogP contribution in [0.15, 0.2) is 72.0 Å². The Hall–Kier alpha value is -2.55. The van der Waals surface area contributed by atoms with E-state index in [1.165, 1.54) is 22.4 Å². The summed E-state index contributed by atoms with van der Waals surface area (Å²) in [5, 5.41) is 11.1. The van der Waals surface area contributed by atoms with Gasteiger partial charge < -0.3 is 15.5 Å². The smallest absolute Gasteiger partial charge is 0.191 e. The van der Waals surface area contributed by atoms with E-state index < -0.39 is 0 Å². The molecule has 0 atom stereocenters. The lowest BCUT2D eigenvalue weighted by molar-refractivity contribution is 0.680. The maximum Gasteiger partial charge on any atom is 0.191 e. The molecular formula is C24H33IN6. The number of aliphatic imine (C=N–C) groups is 1. The van der Waals surface area contributed by atoms with Gasteiger partial charge in [-0.3, -0.25) is 4.68 Å². The Kier molecular flexibility index (Phi) is 10.4. The Morgan fingerprint density at radius 3 is 2.39 bits per heavy atom. The third-order valence-electron chi connectivity index (χ3n) is 4.92.